The summed E-state index contributed by atoms with van der Waals surface area (Å²) in [4.78, 5) is 24.3. The SMILES string of the molecule is O=C(NCC(c1ccccc1)N1CCOCC1)c1cnc(-c2ccccn2)s1. The largest absolute Gasteiger partial charge is 0.379 e. The summed E-state index contributed by atoms with van der Waals surface area (Å²) in [6.45, 7) is 3.71. The summed E-state index contributed by atoms with van der Waals surface area (Å²) < 4.78 is 5.48. The van der Waals surface area contributed by atoms with Crippen LogP contribution in [0, 0.1) is 0 Å². The molecule has 144 valence electrons. The van der Waals surface area contributed by atoms with Crippen LogP contribution < -0.4 is 5.32 Å². The molecule has 0 bridgehead atoms. The monoisotopic (exact) mass is 394 g/mol. The van der Waals surface area contributed by atoms with Gasteiger partial charge in [0.2, 0.25) is 0 Å². The summed E-state index contributed by atoms with van der Waals surface area (Å²) in [7, 11) is 0. The first-order valence-corrected chi connectivity index (χ1v) is 10.1. The highest BCUT2D eigenvalue weighted by Gasteiger charge is 2.23. The zero-order valence-electron chi connectivity index (χ0n) is 15.5. The van der Waals surface area contributed by atoms with Crippen LogP contribution in [-0.2, 0) is 4.74 Å². The minimum absolute atomic E-state index is 0.103. The van der Waals surface area contributed by atoms with Gasteiger partial charge in [0.1, 0.15) is 9.88 Å². The number of nitrogens with zero attached hydrogens (tertiary/aromatic N) is 3. The van der Waals surface area contributed by atoms with Crippen molar-refractivity contribution in [2.24, 2.45) is 0 Å². The van der Waals surface area contributed by atoms with Crippen LogP contribution in [-0.4, -0.2) is 53.6 Å². The molecule has 1 aromatic carbocycles. The number of ether oxygens (including phenoxy) is 1. The van der Waals surface area contributed by atoms with Crippen LogP contribution in [0.5, 0.6) is 0 Å². The number of hydrogen-bond donors (Lipinski definition) is 1. The van der Waals surface area contributed by atoms with Crippen molar-refractivity contribution in [1.29, 1.82) is 0 Å². The third-order valence-corrected chi connectivity index (χ3v) is 5.76. The van der Waals surface area contributed by atoms with E-state index in [1.807, 2.05) is 36.4 Å². The minimum atomic E-state index is -0.103. The standard InChI is InChI=1S/C21H22N4O2S/c26-20(19-15-24-21(28-19)17-8-4-5-9-22-17)23-14-18(16-6-2-1-3-7-16)25-10-12-27-13-11-25/h1-9,15,18H,10-14H2,(H,23,26). The van der Waals surface area contributed by atoms with Crippen molar-refractivity contribution < 1.29 is 9.53 Å². The van der Waals surface area contributed by atoms with Crippen molar-refractivity contribution in [3.8, 4) is 10.7 Å². The van der Waals surface area contributed by atoms with Gasteiger partial charge < -0.3 is 10.1 Å². The molecule has 1 fully saturated rings. The summed E-state index contributed by atoms with van der Waals surface area (Å²) in [5.41, 5.74) is 1.98. The van der Waals surface area contributed by atoms with Gasteiger partial charge in [0.15, 0.2) is 0 Å². The smallest absolute Gasteiger partial charge is 0.263 e. The molecule has 7 heteroatoms. The fourth-order valence-electron chi connectivity index (χ4n) is 3.29. The second kappa shape index (κ2) is 9.05. The third-order valence-electron chi connectivity index (χ3n) is 4.74. The molecule has 4 rings (SSSR count). The number of hydrogen-bond acceptors (Lipinski definition) is 6. The molecule has 2 aromatic heterocycles. The summed E-state index contributed by atoms with van der Waals surface area (Å²) in [5.74, 6) is -0.103. The Hall–Kier alpha value is -2.61. The molecule has 6 nitrogen and oxygen atoms in total. The number of aromatic nitrogens is 2. The molecule has 1 N–H and O–H groups in total. The van der Waals surface area contributed by atoms with Gasteiger partial charge in [-0.2, -0.15) is 0 Å². The first-order chi connectivity index (χ1) is 13.8. The van der Waals surface area contributed by atoms with E-state index in [1.165, 1.54) is 16.9 Å². The van der Waals surface area contributed by atoms with Crippen molar-refractivity contribution in [3.63, 3.8) is 0 Å². The molecule has 1 aliphatic heterocycles. The van der Waals surface area contributed by atoms with Crippen molar-refractivity contribution in [1.82, 2.24) is 20.2 Å². The lowest BCUT2D eigenvalue weighted by Crippen LogP contribution is -2.43. The highest BCUT2D eigenvalue weighted by Crippen LogP contribution is 2.24. The van der Waals surface area contributed by atoms with Crippen LogP contribution in [0.4, 0.5) is 0 Å². The van der Waals surface area contributed by atoms with Crippen LogP contribution in [0.1, 0.15) is 21.3 Å². The Morgan fingerprint density at radius 1 is 1.11 bits per heavy atom. The highest BCUT2D eigenvalue weighted by atomic mass is 32.1. The second-order valence-corrected chi connectivity index (χ2v) is 7.56. The van der Waals surface area contributed by atoms with Gasteiger partial charge in [-0.1, -0.05) is 36.4 Å². The lowest BCUT2D eigenvalue weighted by molar-refractivity contribution is 0.0162. The molecule has 1 amide bonds. The molecule has 0 spiro atoms. The Morgan fingerprint density at radius 2 is 1.89 bits per heavy atom. The molecule has 1 atom stereocenters. The summed E-state index contributed by atoms with van der Waals surface area (Å²) >= 11 is 1.36. The number of morpholine rings is 1. The van der Waals surface area contributed by atoms with E-state index < -0.39 is 0 Å². The molecule has 0 aliphatic carbocycles. The molecule has 1 saturated heterocycles. The number of benzene rings is 1. The first-order valence-electron chi connectivity index (χ1n) is 9.33. The van der Waals surface area contributed by atoms with E-state index in [2.05, 4.69) is 32.3 Å². The fraction of sp³-hybridized carbons (Fsp3) is 0.286. The van der Waals surface area contributed by atoms with Crippen LogP contribution in [0.2, 0.25) is 0 Å². The molecule has 3 heterocycles. The molecule has 28 heavy (non-hydrogen) atoms. The van der Waals surface area contributed by atoms with Crippen LogP contribution in [0.15, 0.2) is 60.9 Å². The Labute approximate surface area is 168 Å². The van der Waals surface area contributed by atoms with Gasteiger partial charge in [0.25, 0.3) is 5.91 Å². The topological polar surface area (TPSA) is 67.4 Å². The lowest BCUT2D eigenvalue weighted by Gasteiger charge is -2.34. The van der Waals surface area contributed by atoms with E-state index in [-0.39, 0.29) is 11.9 Å². The summed E-state index contributed by atoms with van der Waals surface area (Å²) in [6.07, 6.45) is 3.35. The van der Waals surface area contributed by atoms with Gasteiger partial charge in [-0.25, -0.2) is 4.98 Å². The van der Waals surface area contributed by atoms with Gasteiger partial charge in [-0.15, -0.1) is 11.3 Å². The number of amides is 1. The third kappa shape index (κ3) is 4.44. The maximum atomic E-state index is 12.7. The van der Waals surface area contributed by atoms with Crippen LogP contribution in [0.3, 0.4) is 0 Å². The van der Waals surface area contributed by atoms with Crippen molar-refractivity contribution in [3.05, 3.63) is 71.4 Å². The molecule has 0 saturated carbocycles. The van der Waals surface area contributed by atoms with E-state index in [4.69, 9.17) is 4.74 Å². The summed E-state index contributed by atoms with van der Waals surface area (Å²) in [5, 5.41) is 3.84. The number of pyridine rings is 1. The number of carbonyl (C=O) groups is 1. The van der Waals surface area contributed by atoms with Gasteiger partial charge in [-0.05, 0) is 17.7 Å². The average molecular weight is 394 g/mol. The maximum absolute atomic E-state index is 12.7. The van der Waals surface area contributed by atoms with Crippen molar-refractivity contribution >= 4 is 17.2 Å². The van der Waals surface area contributed by atoms with E-state index in [9.17, 15) is 4.79 Å². The zero-order chi connectivity index (χ0) is 19.2. The quantitative estimate of drug-likeness (QED) is 0.696. The van der Waals surface area contributed by atoms with E-state index in [0.29, 0.717) is 11.4 Å². The second-order valence-electron chi connectivity index (χ2n) is 6.53. The zero-order valence-corrected chi connectivity index (χ0v) is 16.3. The normalized spacial score (nSPS) is 15.9. The molecule has 1 aliphatic rings. The molecule has 0 radical (unpaired) electrons. The average Bonchev–Trinajstić information content (AvgIpc) is 3.26. The van der Waals surface area contributed by atoms with Crippen LogP contribution >= 0.6 is 11.3 Å². The van der Waals surface area contributed by atoms with Gasteiger partial charge in [0, 0.05) is 25.8 Å². The van der Waals surface area contributed by atoms with Gasteiger partial charge >= 0.3 is 0 Å². The van der Waals surface area contributed by atoms with E-state index in [1.54, 1.807) is 12.4 Å². The number of nitrogens with one attached hydrogen (secondary N) is 1. The fourth-order valence-corrected chi connectivity index (χ4v) is 4.09. The number of rotatable bonds is 6. The summed E-state index contributed by atoms with van der Waals surface area (Å²) in [6, 6.07) is 16.1. The van der Waals surface area contributed by atoms with E-state index >= 15 is 0 Å². The lowest BCUT2D eigenvalue weighted by atomic mass is 10.0. The molecule has 1 unspecified atom stereocenters. The van der Waals surface area contributed by atoms with Crippen molar-refractivity contribution in [2.75, 3.05) is 32.8 Å². The molecular formula is C21H22N4O2S. The predicted molar refractivity (Wildman–Crippen MR) is 109 cm³/mol. The maximum Gasteiger partial charge on any atom is 0.263 e. The molecule has 3 aromatic rings. The highest BCUT2D eigenvalue weighted by molar-refractivity contribution is 7.16. The van der Waals surface area contributed by atoms with E-state index in [0.717, 1.165) is 37.0 Å². The van der Waals surface area contributed by atoms with Gasteiger partial charge in [-0.3, -0.25) is 14.7 Å². The number of thiazole rings is 1. The predicted octanol–water partition coefficient (Wildman–Crippen LogP) is 3.01. The van der Waals surface area contributed by atoms with Gasteiger partial charge in [0.05, 0.1) is 31.1 Å². The first kappa shape index (κ1) is 18.7. The Balaban J connectivity index is 1.45. The Morgan fingerprint density at radius 3 is 2.64 bits per heavy atom. The van der Waals surface area contributed by atoms with Crippen molar-refractivity contribution in [2.45, 2.75) is 6.04 Å². The van der Waals surface area contributed by atoms with Crippen LogP contribution in [0.25, 0.3) is 10.7 Å². The number of carbonyl (C=O) groups excluding carboxylic acids is 1. The Kier molecular flexibility index (Phi) is 6.06. The molecular weight excluding hydrogens is 372 g/mol. The minimum Gasteiger partial charge on any atom is -0.379 e. The Bertz CT molecular complexity index is 895.